The molecule has 6 nitrogen and oxygen atoms in total. The number of halogens is 3. The molecule has 0 heterocycles. The average molecular weight is 280 g/mol. The second-order valence-corrected chi connectivity index (χ2v) is 3.80. The molecule has 19 heavy (non-hydrogen) atoms. The molecule has 0 aromatic heterocycles. The predicted octanol–water partition coefficient (Wildman–Crippen LogP) is 1.44. The van der Waals surface area contributed by atoms with Crippen LogP contribution in [0.25, 0.3) is 0 Å². The van der Waals surface area contributed by atoms with Crippen molar-refractivity contribution < 1.29 is 28.3 Å². The first-order chi connectivity index (χ1) is 8.64. The van der Waals surface area contributed by atoms with Gasteiger partial charge in [-0.15, -0.1) is 0 Å². The molecule has 0 amide bonds. The highest BCUT2D eigenvalue weighted by atomic mass is 19.4. The molecule has 1 aromatic carbocycles. The maximum atomic E-state index is 12.8. The van der Waals surface area contributed by atoms with E-state index in [-0.39, 0.29) is 0 Å². The summed E-state index contributed by atoms with van der Waals surface area (Å²) in [7, 11) is 0. The number of nitrogens with zero attached hydrogens (tertiary/aromatic N) is 1. The predicted molar refractivity (Wildman–Crippen MR) is 59.1 cm³/mol. The van der Waals surface area contributed by atoms with Crippen LogP contribution in [0.3, 0.4) is 0 Å². The van der Waals surface area contributed by atoms with Crippen LogP contribution in [0.5, 0.6) is 0 Å². The van der Waals surface area contributed by atoms with Gasteiger partial charge in [-0.1, -0.05) is 0 Å². The first-order valence-corrected chi connectivity index (χ1v) is 5.13. The SMILES string of the molecule is Nc1ccc(C(F)(F)F)c(CCC(O)O)c1[N+](=O)[O-]. The van der Waals surface area contributed by atoms with Gasteiger partial charge in [-0.05, 0) is 18.6 Å². The lowest BCUT2D eigenvalue weighted by Crippen LogP contribution is -2.15. The summed E-state index contributed by atoms with van der Waals surface area (Å²) in [5, 5.41) is 28.2. The zero-order valence-electron chi connectivity index (χ0n) is 9.52. The Morgan fingerprint density at radius 2 is 1.95 bits per heavy atom. The van der Waals surface area contributed by atoms with E-state index >= 15 is 0 Å². The molecule has 0 spiro atoms. The van der Waals surface area contributed by atoms with Crippen LogP contribution in [0.15, 0.2) is 12.1 Å². The fraction of sp³-hybridized carbons (Fsp3) is 0.400. The van der Waals surface area contributed by atoms with Crippen molar-refractivity contribution in [2.75, 3.05) is 5.73 Å². The number of alkyl halides is 3. The van der Waals surface area contributed by atoms with Gasteiger partial charge in [-0.3, -0.25) is 10.1 Å². The van der Waals surface area contributed by atoms with Crippen molar-refractivity contribution in [3.63, 3.8) is 0 Å². The maximum absolute atomic E-state index is 12.8. The molecule has 106 valence electrons. The van der Waals surface area contributed by atoms with Gasteiger partial charge in [0.1, 0.15) is 5.69 Å². The van der Waals surface area contributed by atoms with Crippen molar-refractivity contribution in [1.82, 2.24) is 0 Å². The van der Waals surface area contributed by atoms with Crippen LogP contribution in [0.1, 0.15) is 17.5 Å². The number of aliphatic hydroxyl groups excluding tert-OH is 1. The molecule has 0 aliphatic heterocycles. The summed E-state index contributed by atoms with van der Waals surface area (Å²) >= 11 is 0. The van der Waals surface area contributed by atoms with Gasteiger partial charge in [0.05, 0.1) is 10.5 Å². The third-order valence-electron chi connectivity index (χ3n) is 2.45. The number of nitro benzene ring substituents is 1. The highest BCUT2D eigenvalue weighted by Crippen LogP contribution is 2.39. The van der Waals surface area contributed by atoms with Gasteiger partial charge >= 0.3 is 6.18 Å². The van der Waals surface area contributed by atoms with Gasteiger partial charge in [0, 0.05) is 12.0 Å². The number of nitrogen functional groups attached to an aromatic ring is 1. The molecule has 0 saturated carbocycles. The van der Waals surface area contributed by atoms with E-state index in [4.69, 9.17) is 15.9 Å². The number of nitro groups is 1. The molecule has 4 N–H and O–H groups in total. The molecule has 1 aromatic rings. The zero-order chi connectivity index (χ0) is 14.8. The molecule has 0 atom stereocenters. The molecule has 0 saturated heterocycles. The first-order valence-electron chi connectivity index (χ1n) is 5.13. The molecule has 9 heteroatoms. The Labute approximate surface area is 105 Å². The average Bonchev–Trinajstić information content (AvgIpc) is 2.23. The monoisotopic (exact) mass is 280 g/mol. The van der Waals surface area contributed by atoms with Crippen molar-refractivity contribution in [2.24, 2.45) is 0 Å². The van der Waals surface area contributed by atoms with Crippen molar-refractivity contribution >= 4 is 11.4 Å². The quantitative estimate of drug-likeness (QED) is 0.334. The van der Waals surface area contributed by atoms with E-state index in [1.807, 2.05) is 0 Å². The summed E-state index contributed by atoms with van der Waals surface area (Å²) < 4.78 is 38.3. The van der Waals surface area contributed by atoms with Crippen molar-refractivity contribution in [3.05, 3.63) is 33.4 Å². The molecule has 0 aliphatic rings. The minimum atomic E-state index is -4.78. The van der Waals surface area contributed by atoms with Crippen LogP contribution in [0.2, 0.25) is 0 Å². The van der Waals surface area contributed by atoms with E-state index in [1.54, 1.807) is 0 Å². The van der Waals surface area contributed by atoms with Gasteiger partial charge in [0.15, 0.2) is 6.29 Å². The van der Waals surface area contributed by atoms with Gasteiger partial charge in [-0.2, -0.15) is 13.2 Å². The van der Waals surface area contributed by atoms with Gasteiger partial charge < -0.3 is 15.9 Å². The second-order valence-electron chi connectivity index (χ2n) is 3.80. The Morgan fingerprint density at radius 3 is 2.37 bits per heavy atom. The van der Waals surface area contributed by atoms with Crippen molar-refractivity contribution in [3.8, 4) is 0 Å². The van der Waals surface area contributed by atoms with E-state index in [0.29, 0.717) is 6.07 Å². The number of hydrogen-bond acceptors (Lipinski definition) is 5. The summed E-state index contributed by atoms with van der Waals surface area (Å²) in [4.78, 5) is 9.79. The minimum Gasteiger partial charge on any atom is -0.393 e. The summed E-state index contributed by atoms with van der Waals surface area (Å²) in [5.41, 5.74) is 2.21. The molecule has 0 bridgehead atoms. The normalized spacial score (nSPS) is 11.9. The summed E-state index contributed by atoms with van der Waals surface area (Å²) in [6.07, 6.45) is -7.63. The summed E-state index contributed by atoms with van der Waals surface area (Å²) in [6, 6.07) is 1.45. The number of aliphatic hydroxyl groups is 2. The molecule has 0 radical (unpaired) electrons. The van der Waals surface area contributed by atoms with Crippen molar-refractivity contribution in [1.29, 1.82) is 0 Å². The molecule has 1 rings (SSSR count). The lowest BCUT2D eigenvalue weighted by Gasteiger charge is -2.14. The lowest BCUT2D eigenvalue weighted by molar-refractivity contribution is -0.384. The van der Waals surface area contributed by atoms with E-state index in [0.717, 1.165) is 6.07 Å². The van der Waals surface area contributed by atoms with Crippen LogP contribution in [0, 0.1) is 10.1 Å². The maximum Gasteiger partial charge on any atom is 0.416 e. The lowest BCUT2D eigenvalue weighted by atomic mass is 9.99. The highest BCUT2D eigenvalue weighted by Gasteiger charge is 2.37. The third-order valence-corrected chi connectivity index (χ3v) is 2.45. The van der Waals surface area contributed by atoms with E-state index in [1.165, 1.54) is 0 Å². The zero-order valence-corrected chi connectivity index (χ0v) is 9.52. The Kier molecular flexibility index (Phi) is 4.32. The van der Waals surface area contributed by atoms with Gasteiger partial charge in [0.25, 0.3) is 5.69 Å². The summed E-state index contributed by atoms with van der Waals surface area (Å²) in [5.74, 6) is 0. The number of anilines is 1. The number of hydrogen-bond donors (Lipinski definition) is 3. The van der Waals surface area contributed by atoms with Crippen LogP contribution in [0.4, 0.5) is 24.5 Å². The minimum absolute atomic E-state index is 0.402. The van der Waals surface area contributed by atoms with E-state index in [9.17, 15) is 23.3 Å². The molecule has 0 unspecified atom stereocenters. The topological polar surface area (TPSA) is 110 Å². The molecular weight excluding hydrogens is 269 g/mol. The highest BCUT2D eigenvalue weighted by molar-refractivity contribution is 5.65. The molecular formula is C10H11F3N2O4. The van der Waals surface area contributed by atoms with E-state index in [2.05, 4.69) is 0 Å². The number of benzene rings is 1. The Balaban J connectivity index is 3.40. The van der Waals surface area contributed by atoms with Crippen molar-refractivity contribution in [2.45, 2.75) is 25.3 Å². The number of nitrogens with two attached hydrogens (primary N) is 1. The summed E-state index contributed by atoms with van der Waals surface area (Å²) in [6.45, 7) is 0. The fourth-order valence-corrected chi connectivity index (χ4v) is 1.66. The molecule has 0 aliphatic carbocycles. The standard InChI is InChI=1S/C10H11F3N2O4/c11-10(12,13)6-2-3-7(14)9(15(18)19)5(6)1-4-8(16)17/h2-3,8,16-17H,1,4,14H2. The van der Waals surface area contributed by atoms with Gasteiger partial charge in [-0.25, -0.2) is 0 Å². The molecule has 0 fully saturated rings. The largest absolute Gasteiger partial charge is 0.416 e. The number of rotatable bonds is 4. The first kappa shape index (κ1) is 15.2. The van der Waals surface area contributed by atoms with Crippen LogP contribution in [-0.4, -0.2) is 21.4 Å². The van der Waals surface area contributed by atoms with E-state index < -0.39 is 52.7 Å². The fourth-order valence-electron chi connectivity index (χ4n) is 1.66. The van der Waals surface area contributed by atoms with Crippen LogP contribution >= 0.6 is 0 Å². The Bertz CT molecular complexity index is 488. The van der Waals surface area contributed by atoms with Crippen LogP contribution in [-0.2, 0) is 12.6 Å². The Morgan fingerprint density at radius 1 is 1.37 bits per heavy atom. The second kappa shape index (κ2) is 5.41. The Hall–Kier alpha value is -1.87. The van der Waals surface area contributed by atoms with Crippen LogP contribution < -0.4 is 5.73 Å². The third kappa shape index (κ3) is 3.55. The smallest absolute Gasteiger partial charge is 0.393 e. The van der Waals surface area contributed by atoms with Gasteiger partial charge in [0.2, 0.25) is 0 Å².